The Balaban J connectivity index is 1.33. The standard InChI is InChI=1S/C18H19FN6O2/c1-12-20-21-16-7-8-17(22-25(12)16)24-9-13(10-24)23(2)18(26)11-27-15-6-4-3-5-14(15)19/h3-8,13H,9-11H2,1-2H3. The summed E-state index contributed by atoms with van der Waals surface area (Å²) in [6, 6.07) is 9.86. The Morgan fingerprint density at radius 2 is 2.04 bits per heavy atom. The van der Waals surface area contributed by atoms with Gasteiger partial charge >= 0.3 is 0 Å². The number of carbonyl (C=O) groups is 1. The predicted molar refractivity (Wildman–Crippen MR) is 96.2 cm³/mol. The van der Waals surface area contributed by atoms with Gasteiger partial charge in [-0.05, 0) is 31.2 Å². The van der Waals surface area contributed by atoms with Gasteiger partial charge in [0.15, 0.2) is 29.6 Å². The molecule has 2 aromatic heterocycles. The molecule has 1 aliphatic rings. The van der Waals surface area contributed by atoms with Crippen LogP contribution in [0.2, 0.25) is 0 Å². The number of para-hydroxylation sites is 1. The van der Waals surface area contributed by atoms with E-state index in [1.165, 1.54) is 12.1 Å². The Morgan fingerprint density at radius 3 is 2.81 bits per heavy atom. The van der Waals surface area contributed by atoms with E-state index in [2.05, 4.69) is 20.2 Å². The van der Waals surface area contributed by atoms with Gasteiger partial charge in [0.05, 0.1) is 6.04 Å². The Hall–Kier alpha value is -3.23. The van der Waals surface area contributed by atoms with Gasteiger partial charge in [0, 0.05) is 20.1 Å². The smallest absolute Gasteiger partial charge is 0.260 e. The molecule has 1 aromatic carbocycles. The van der Waals surface area contributed by atoms with E-state index in [9.17, 15) is 9.18 Å². The van der Waals surface area contributed by atoms with Crippen molar-refractivity contribution < 1.29 is 13.9 Å². The fourth-order valence-electron chi connectivity index (χ4n) is 2.95. The first-order chi connectivity index (χ1) is 13.0. The van der Waals surface area contributed by atoms with Crippen molar-refractivity contribution in [2.75, 3.05) is 31.6 Å². The number of benzene rings is 1. The van der Waals surface area contributed by atoms with E-state index in [0.717, 1.165) is 11.6 Å². The molecule has 1 fully saturated rings. The highest BCUT2D eigenvalue weighted by molar-refractivity contribution is 5.78. The number of ether oxygens (including phenoxy) is 1. The lowest BCUT2D eigenvalue weighted by atomic mass is 10.1. The number of rotatable bonds is 5. The molecule has 1 amide bonds. The molecule has 0 aliphatic carbocycles. The topological polar surface area (TPSA) is 75.9 Å². The molecule has 0 bridgehead atoms. The molecule has 9 heteroatoms. The van der Waals surface area contributed by atoms with E-state index in [-0.39, 0.29) is 24.3 Å². The van der Waals surface area contributed by atoms with Crippen LogP contribution in [0.3, 0.4) is 0 Å². The molecule has 8 nitrogen and oxygen atoms in total. The summed E-state index contributed by atoms with van der Waals surface area (Å²) in [5, 5.41) is 12.5. The van der Waals surface area contributed by atoms with Gasteiger partial charge in [-0.1, -0.05) is 12.1 Å². The minimum Gasteiger partial charge on any atom is -0.481 e. The van der Waals surface area contributed by atoms with Crippen LogP contribution in [0.4, 0.5) is 10.2 Å². The lowest BCUT2D eigenvalue weighted by Crippen LogP contribution is -2.60. The lowest BCUT2D eigenvalue weighted by Gasteiger charge is -2.44. The van der Waals surface area contributed by atoms with Crippen molar-refractivity contribution in [3.05, 3.63) is 48.0 Å². The van der Waals surface area contributed by atoms with E-state index < -0.39 is 5.82 Å². The maximum Gasteiger partial charge on any atom is 0.260 e. The molecule has 0 unspecified atom stereocenters. The number of aryl methyl sites for hydroxylation is 1. The quantitative estimate of drug-likeness (QED) is 0.674. The molecule has 0 radical (unpaired) electrons. The van der Waals surface area contributed by atoms with Crippen molar-refractivity contribution in [2.24, 2.45) is 0 Å². The summed E-state index contributed by atoms with van der Waals surface area (Å²) in [5.74, 6) is 0.942. The summed E-state index contributed by atoms with van der Waals surface area (Å²) < 4.78 is 20.5. The van der Waals surface area contributed by atoms with Gasteiger partial charge in [0.2, 0.25) is 0 Å². The zero-order chi connectivity index (χ0) is 19.0. The number of carbonyl (C=O) groups excluding carboxylic acids is 1. The normalized spacial score (nSPS) is 14.3. The Labute approximate surface area is 155 Å². The minimum atomic E-state index is -0.478. The molecule has 4 rings (SSSR count). The number of hydrogen-bond acceptors (Lipinski definition) is 6. The number of likely N-dealkylation sites (N-methyl/N-ethyl adjacent to an activating group) is 1. The van der Waals surface area contributed by atoms with Gasteiger partial charge in [0.25, 0.3) is 5.91 Å². The Bertz CT molecular complexity index is 985. The van der Waals surface area contributed by atoms with Crippen molar-refractivity contribution in [1.29, 1.82) is 0 Å². The van der Waals surface area contributed by atoms with Gasteiger partial charge in [-0.15, -0.1) is 15.3 Å². The largest absolute Gasteiger partial charge is 0.481 e. The molecule has 0 N–H and O–H groups in total. The predicted octanol–water partition coefficient (Wildman–Crippen LogP) is 1.30. The van der Waals surface area contributed by atoms with Crippen LogP contribution in [-0.4, -0.2) is 63.4 Å². The summed E-state index contributed by atoms with van der Waals surface area (Å²) in [6.07, 6.45) is 0. The maximum absolute atomic E-state index is 13.6. The van der Waals surface area contributed by atoms with Gasteiger partial charge in [-0.25, -0.2) is 4.39 Å². The number of amides is 1. The first-order valence-corrected chi connectivity index (χ1v) is 8.60. The van der Waals surface area contributed by atoms with E-state index in [4.69, 9.17) is 4.74 Å². The molecular weight excluding hydrogens is 351 g/mol. The highest BCUT2D eigenvalue weighted by Crippen LogP contribution is 2.22. The van der Waals surface area contributed by atoms with Crippen molar-refractivity contribution in [3.8, 4) is 5.75 Å². The van der Waals surface area contributed by atoms with Gasteiger partial charge in [0.1, 0.15) is 5.82 Å². The van der Waals surface area contributed by atoms with Crippen molar-refractivity contribution in [1.82, 2.24) is 24.7 Å². The average Bonchev–Trinajstić information content (AvgIpc) is 3.00. The first-order valence-electron chi connectivity index (χ1n) is 8.60. The third-order valence-corrected chi connectivity index (χ3v) is 4.72. The fraction of sp³-hybridized carbons (Fsp3) is 0.333. The van der Waals surface area contributed by atoms with Crippen LogP contribution in [0.25, 0.3) is 5.65 Å². The molecule has 27 heavy (non-hydrogen) atoms. The van der Waals surface area contributed by atoms with Crippen LogP contribution >= 0.6 is 0 Å². The maximum atomic E-state index is 13.6. The Kier molecular flexibility index (Phi) is 4.35. The highest BCUT2D eigenvalue weighted by Gasteiger charge is 2.33. The summed E-state index contributed by atoms with van der Waals surface area (Å²) >= 11 is 0. The van der Waals surface area contributed by atoms with Crippen molar-refractivity contribution >= 4 is 17.4 Å². The number of fused-ring (bicyclic) bond motifs is 1. The summed E-state index contributed by atoms with van der Waals surface area (Å²) in [5.41, 5.74) is 0.700. The van der Waals surface area contributed by atoms with Gasteiger partial charge < -0.3 is 14.5 Å². The van der Waals surface area contributed by atoms with Crippen LogP contribution < -0.4 is 9.64 Å². The first kappa shape index (κ1) is 17.2. The number of nitrogens with zero attached hydrogens (tertiary/aromatic N) is 6. The minimum absolute atomic E-state index is 0.0567. The molecule has 0 atom stereocenters. The van der Waals surface area contributed by atoms with E-state index >= 15 is 0 Å². The molecular formula is C18H19FN6O2. The van der Waals surface area contributed by atoms with Crippen LogP contribution in [-0.2, 0) is 4.79 Å². The zero-order valence-corrected chi connectivity index (χ0v) is 15.0. The second-order valence-corrected chi connectivity index (χ2v) is 6.49. The number of halogens is 1. The zero-order valence-electron chi connectivity index (χ0n) is 15.0. The molecule has 3 aromatic rings. The van der Waals surface area contributed by atoms with E-state index in [1.54, 1.807) is 28.6 Å². The summed E-state index contributed by atoms with van der Waals surface area (Å²) in [7, 11) is 1.73. The molecule has 3 heterocycles. The van der Waals surface area contributed by atoms with Crippen LogP contribution in [0, 0.1) is 12.7 Å². The number of aromatic nitrogens is 4. The van der Waals surface area contributed by atoms with Crippen LogP contribution in [0.5, 0.6) is 5.75 Å². The Morgan fingerprint density at radius 1 is 1.26 bits per heavy atom. The van der Waals surface area contributed by atoms with Crippen molar-refractivity contribution in [3.63, 3.8) is 0 Å². The molecule has 0 saturated carbocycles. The van der Waals surface area contributed by atoms with Gasteiger partial charge in [-0.2, -0.15) is 4.52 Å². The molecule has 0 spiro atoms. The van der Waals surface area contributed by atoms with Crippen LogP contribution in [0.15, 0.2) is 36.4 Å². The average molecular weight is 370 g/mol. The molecule has 140 valence electrons. The molecule has 1 saturated heterocycles. The number of hydrogen-bond donors (Lipinski definition) is 0. The summed E-state index contributed by atoms with van der Waals surface area (Å²) in [4.78, 5) is 16.0. The second-order valence-electron chi connectivity index (χ2n) is 6.49. The van der Waals surface area contributed by atoms with Crippen molar-refractivity contribution in [2.45, 2.75) is 13.0 Å². The van der Waals surface area contributed by atoms with Crippen LogP contribution in [0.1, 0.15) is 5.82 Å². The van der Waals surface area contributed by atoms with E-state index in [1.807, 2.05) is 19.1 Å². The fourth-order valence-corrected chi connectivity index (χ4v) is 2.95. The third-order valence-electron chi connectivity index (χ3n) is 4.72. The SMILES string of the molecule is Cc1nnc2ccc(N3CC(N(C)C(=O)COc4ccccc4F)C3)nn12. The summed E-state index contributed by atoms with van der Waals surface area (Å²) in [6.45, 7) is 2.99. The monoisotopic (exact) mass is 370 g/mol. The molecule has 1 aliphatic heterocycles. The lowest BCUT2D eigenvalue weighted by molar-refractivity contribution is -0.134. The third kappa shape index (κ3) is 3.27. The highest BCUT2D eigenvalue weighted by atomic mass is 19.1. The van der Waals surface area contributed by atoms with E-state index in [0.29, 0.717) is 18.7 Å². The number of anilines is 1. The van der Waals surface area contributed by atoms with Gasteiger partial charge in [-0.3, -0.25) is 4.79 Å². The second kappa shape index (κ2) is 6.82.